The Kier molecular flexibility index (Phi) is 4.80. The highest BCUT2D eigenvalue weighted by Crippen LogP contribution is 2.39. The minimum atomic E-state index is -4.91. The second-order valence-corrected chi connectivity index (χ2v) is 6.06. The number of hydrogen-bond donors (Lipinski definition) is 5. The molecule has 0 bridgehead atoms. The number of phosphoric ester groups is 1. The smallest absolute Gasteiger partial charge is 0.387 e. The number of phosphoric acid groups is 1. The van der Waals surface area contributed by atoms with Gasteiger partial charge < -0.3 is 24.7 Å². The van der Waals surface area contributed by atoms with Crippen LogP contribution in [0.4, 0.5) is 4.39 Å². The molecule has 0 unspecified atom stereocenters. The second-order valence-electron chi connectivity index (χ2n) is 4.83. The fourth-order valence-corrected chi connectivity index (χ4v) is 2.53. The van der Waals surface area contributed by atoms with E-state index in [1.54, 1.807) is 4.98 Å². The van der Waals surface area contributed by atoms with Gasteiger partial charge in [0.05, 0.1) is 12.8 Å². The molecule has 0 saturated carbocycles. The summed E-state index contributed by atoms with van der Waals surface area (Å²) in [5.74, 6) is 0.468. The molecule has 0 amide bonds. The van der Waals surface area contributed by atoms with Crippen LogP contribution in [0.1, 0.15) is 0 Å². The third kappa shape index (κ3) is 3.19. The first kappa shape index (κ1) is 18.5. The number of halogens is 1. The standard InChI is InChI=1S/C11H12FN2O9P/c1-2-11(14-3-5(12)9(17)13-10(14)18)8(16)7(15)6(23-11)4-22-24(19,20)21/h1,3,6-8,15-16H,4H2,(H,13,17,18)(H2,19,20,21)/t6-,7-,8-,11-/m1/s1. The van der Waals surface area contributed by atoms with Crippen molar-refractivity contribution in [2.24, 2.45) is 0 Å². The van der Waals surface area contributed by atoms with E-state index in [1.165, 1.54) is 0 Å². The van der Waals surface area contributed by atoms with E-state index >= 15 is 0 Å². The van der Waals surface area contributed by atoms with Gasteiger partial charge >= 0.3 is 13.5 Å². The van der Waals surface area contributed by atoms with Gasteiger partial charge in [-0.15, -0.1) is 6.42 Å². The van der Waals surface area contributed by atoms with Crippen molar-refractivity contribution in [2.45, 2.75) is 24.0 Å². The molecule has 1 aliphatic rings. The number of aromatic amines is 1. The summed E-state index contributed by atoms with van der Waals surface area (Å²) in [6, 6.07) is 0. The van der Waals surface area contributed by atoms with Crippen molar-refractivity contribution in [3.8, 4) is 12.3 Å². The summed E-state index contributed by atoms with van der Waals surface area (Å²) in [6.07, 6.45) is 0.253. The lowest BCUT2D eigenvalue weighted by Gasteiger charge is -2.28. The quantitative estimate of drug-likeness (QED) is 0.279. The Morgan fingerprint density at radius 2 is 2.12 bits per heavy atom. The average molecular weight is 366 g/mol. The van der Waals surface area contributed by atoms with E-state index in [4.69, 9.17) is 20.9 Å². The predicted molar refractivity (Wildman–Crippen MR) is 73.0 cm³/mol. The summed E-state index contributed by atoms with van der Waals surface area (Å²) in [7, 11) is -4.91. The van der Waals surface area contributed by atoms with E-state index in [0.717, 1.165) is 0 Å². The lowest BCUT2D eigenvalue weighted by Crippen LogP contribution is -2.51. The molecule has 2 rings (SSSR count). The van der Waals surface area contributed by atoms with Crippen LogP contribution in [0.15, 0.2) is 15.8 Å². The third-order valence-corrected chi connectivity index (χ3v) is 3.79. The summed E-state index contributed by atoms with van der Waals surface area (Å²) < 4.78 is 33.8. The number of aliphatic hydroxyl groups is 2. The molecular weight excluding hydrogens is 354 g/mol. The van der Waals surface area contributed by atoms with Crippen molar-refractivity contribution in [3.63, 3.8) is 0 Å². The molecule has 1 aliphatic heterocycles. The number of nitrogens with zero attached hydrogens (tertiary/aromatic N) is 1. The first-order valence-corrected chi connectivity index (χ1v) is 7.78. The van der Waals surface area contributed by atoms with Gasteiger partial charge in [-0.3, -0.25) is 18.9 Å². The SMILES string of the molecule is C#C[C@@]1(n2cc(F)c(=O)[nH]c2=O)O[C@H](COP(=O)(O)O)[C@@H](O)[C@H]1O. The zero-order valence-corrected chi connectivity index (χ0v) is 12.6. The van der Waals surface area contributed by atoms with E-state index in [-0.39, 0.29) is 0 Å². The summed E-state index contributed by atoms with van der Waals surface area (Å²) >= 11 is 0. The molecule has 13 heteroatoms. The molecule has 5 N–H and O–H groups in total. The van der Waals surface area contributed by atoms with Gasteiger partial charge in [0, 0.05) is 0 Å². The van der Waals surface area contributed by atoms with Gasteiger partial charge in [0.25, 0.3) is 5.56 Å². The third-order valence-electron chi connectivity index (χ3n) is 3.31. The van der Waals surface area contributed by atoms with Crippen LogP contribution in [0.3, 0.4) is 0 Å². The van der Waals surface area contributed by atoms with Gasteiger partial charge in [0.15, 0.2) is 0 Å². The topological polar surface area (TPSA) is 171 Å². The molecule has 0 spiro atoms. The maximum Gasteiger partial charge on any atom is 0.469 e. The van der Waals surface area contributed by atoms with E-state index < -0.39 is 55.5 Å². The number of hydrogen-bond acceptors (Lipinski definition) is 7. The Bertz CT molecular complexity index is 839. The van der Waals surface area contributed by atoms with Crippen molar-refractivity contribution in [3.05, 3.63) is 32.9 Å². The van der Waals surface area contributed by atoms with Crippen LogP contribution in [-0.2, 0) is 19.6 Å². The Morgan fingerprint density at radius 1 is 1.50 bits per heavy atom. The van der Waals surface area contributed by atoms with Gasteiger partial charge in [0.2, 0.25) is 11.5 Å². The second kappa shape index (κ2) is 6.23. The van der Waals surface area contributed by atoms with Crippen molar-refractivity contribution >= 4 is 7.82 Å². The largest absolute Gasteiger partial charge is 0.469 e. The minimum Gasteiger partial charge on any atom is -0.387 e. The Morgan fingerprint density at radius 3 is 2.67 bits per heavy atom. The number of terminal acetylenes is 1. The molecule has 2 heterocycles. The first-order chi connectivity index (χ1) is 11.0. The molecular formula is C11H12FN2O9P. The number of H-pyrrole nitrogens is 1. The zero-order chi connectivity index (χ0) is 18.3. The normalized spacial score (nSPS) is 30.2. The zero-order valence-electron chi connectivity index (χ0n) is 11.7. The minimum absolute atomic E-state index is 0.342. The predicted octanol–water partition coefficient (Wildman–Crippen LogP) is -2.81. The highest BCUT2D eigenvalue weighted by atomic mass is 31.2. The van der Waals surface area contributed by atoms with Crippen LogP contribution in [0.25, 0.3) is 0 Å². The molecule has 132 valence electrons. The summed E-state index contributed by atoms with van der Waals surface area (Å²) in [4.78, 5) is 41.8. The Balaban J connectivity index is 2.45. The van der Waals surface area contributed by atoms with Crippen molar-refractivity contribution in [2.75, 3.05) is 6.61 Å². The van der Waals surface area contributed by atoms with Crippen LogP contribution in [0.5, 0.6) is 0 Å². The summed E-state index contributed by atoms with van der Waals surface area (Å²) in [6.45, 7) is -0.882. The van der Waals surface area contributed by atoms with Gasteiger partial charge in [-0.1, -0.05) is 0 Å². The molecule has 0 radical (unpaired) electrons. The van der Waals surface area contributed by atoms with Crippen LogP contribution in [0.2, 0.25) is 0 Å². The lowest BCUT2D eigenvalue weighted by atomic mass is 10.0. The molecule has 11 nitrogen and oxygen atoms in total. The number of nitrogens with one attached hydrogen (secondary N) is 1. The molecule has 24 heavy (non-hydrogen) atoms. The maximum atomic E-state index is 13.4. The summed E-state index contributed by atoms with van der Waals surface area (Å²) in [5, 5.41) is 20.0. The van der Waals surface area contributed by atoms with E-state index in [9.17, 15) is 28.8 Å². The average Bonchev–Trinajstić information content (AvgIpc) is 2.73. The molecule has 4 atom stereocenters. The molecule has 1 fully saturated rings. The molecule has 1 aromatic heterocycles. The number of aliphatic hydroxyl groups excluding tert-OH is 2. The highest BCUT2D eigenvalue weighted by molar-refractivity contribution is 7.46. The summed E-state index contributed by atoms with van der Waals surface area (Å²) in [5.41, 5.74) is -5.00. The van der Waals surface area contributed by atoms with E-state index in [2.05, 4.69) is 4.52 Å². The fraction of sp³-hybridized carbons (Fsp3) is 0.455. The van der Waals surface area contributed by atoms with Crippen LogP contribution < -0.4 is 11.2 Å². The Hall–Kier alpha value is -1.84. The molecule has 1 aromatic rings. The molecule has 1 saturated heterocycles. The van der Waals surface area contributed by atoms with Crippen molar-refractivity contribution in [1.29, 1.82) is 0 Å². The number of rotatable bonds is 4. The van der Waals surface area contributed by atoms with Gasteiger partial charge in [-0.05, 0) is 5.92 Å². The molecule has 0 aliphatic carbocycles. The van der Waals surface area contributed by atoms with Crippen LogP contribution >= 0.6 is 7.82 Å². The van der Waals surface area contributed by atoms with Crippen LogP contribution in [0, 0.1) is 18.2 Å². The van der Waals surface area contributed by atoms with E-state index in [1.807, 2.05) is 5.92 Å². The van der Waals surface area contributed by atoms with Gasteiger partial charge in [-0.25, -0.2) is 9.36 Å². The monoisotopic (exact) mass is 366 g/mol. The van der Waals surface area contributed by atoms with Crippen molar-refractivity contribution in [1.82, 2.24) is 9.55 Å². The fourth-order valence-electron chi connectivity index (χ4n) is 2.19. The van der Waals surface area contributed by atoms with Crippen molar-refractivity contribution < 1.29 is 38.2 Å². The highest BCUT2D eigenvalue weighted by Gasteiger charge is 2.56. The number of ether oxygens (including phenoxy) is 1. The Labute approximate surface area is 132 Å². The number of aromatic nitrogens is 2. The lowest BCUT2D eigenvalue weighted by molar-refractivity contribution is -0.107. The first-order valence-electron chi connectivity index (χ1n) is 6.25. The maximum absolute atomic E-state index is 13.4. The van der Waals surface area contributed by atoms with Gasteiger partial charge in [0.1, 0.15) is 18.3 Å². The van der Waals surface area contributed by atoms with E-state index in [0.29, 0.717) is 10.8 Å². The molecule has 0 aromatic carbocycles. The van der Waals surface area contributed by atoms with Gasteiger partial charge in [-0.2, -0.15) is 4.39 Å². The van der Waals surface area contributed by atoms with Crippen LogP contribution in [-0.4, -0.2) is 54.5 Å².